The monoisotopic (exact) mass is 1190 g/mol. The van der Waals surface area contributed by atoms with Crippen molar-refractivity contribution < 1.29 is 9.47 Å². The highest BCUT2D eigenvalue weighted by Crippen LogP contribution is 2.68. The van der Waals surface area contributed by atoms with Crippen molar-refractivity contribution in [1.29, 1.82) is 0 Å². The summed E-state index contributed by atoms with van der Waals surface area (Å²) in [7, 11) is 3.90. The van der Waals surface area contributed by atoms with Gasteiger partial charge >= 0.3 is 0 Å². The van der Waals surface area contributed by atoms with Crippen LogP contribution >= 0.6 is 0 Å². The summed E-state index contributed by atoms with van der Waals surface area (Å²) in [4.78, 5) is 38.8. The zero-order valence-corrected chi connectivity index (χ0v) is 55.8. The molecule has 4 atom stereocenters. The number of methoxy groups -OCH3 is 2. The second-order valence-corrected chi connectivity index (χ2v) is 26.2. The predicted molar refractivity (Wildman–Crippen MR) is 374 cm³/mol. The highest BCUT2D eigenvalue weighted by Gasteiger charge is 2.51. The van der Waals surface area contributed by atoms with Gasteiger partial charge in [0.15, 0.2) is 0 Å². The Morgan fingerprint density at radius 1 is 0.267 bits per heavy atom. The van der Waals surface area contributed by atoms with Crippen LogP contribution in [0.15, 0.2) is 48.5 Å². The zero-order valence-electron chi connectivity index (χ0n) is 55.8. The van der Waals surface area contributed by atoms with Crippen molar-refractivity contribution in [2.45, 2.75) is 209 Å². The zero-order chi connectivity index (χ0) is 62.3. The second kappa shape index (κ2) is 22.4. The molecule has 462 valence electrons. The quantitative estimate of drug-likeness (QED) is 0.0857. The van der Waals surface area contributed by atoms with E-state index in [2.05, 4.69) is 152 Å². The van der Waals surface area contributed by atoms with Crippen LogP contribution in [0.5, 0.6) is 11.5 Å². The van der Waals surface area contributed by atoms with Crippen molar-refractivity contribution in [3.8, 4) is 11.5 Å². The van der Waals surface area contributed by atoms with Crippen LogP contribution in [0, 0.1) is 0 Å². The lowest BCUT2D eigenvalue weighted by atomic mass is 9.58. The van der Waals surface area contributed by atoms with E-state index < -0.39 is 0 Å². The van der Waals surface area contributed by atoms with Crippen LogP contribution in [0.25, 0.3) is 88.7 Å². The Balaban J connectivity index is 1.02. The van der Waals surface area contributed by atoms with Gasteiger partial charge in [-0.1, -0.05) is 83.1 Å². The number of aromatic nitrogens is 8. The van der Waals surface area contributed by atoms with E-state index in [4.69, 9.17) is 29.4 Å². The first-order valence-electron chi connectivity index (χ1n) is 34.8. The number of hydrogen-bond acceptors (Lipinski definition) is 6. The van der Waals surface area contributed by atoms with Crippen molar-refractivity contribution in [2.75, 3.05) is 14.2 Å². The topological polar surface area (TPSA) is 133 Å². The SMILES string of the molecule is CCC1=C(CC)c2cc3[nH]c(cc4[nH]c(cc5nc(cc1n2)C(CC)=C5CC)c1c4[C@@H]2CC[C@H]1c1c(OC)c4c(c(OC)c12)[C@@H]1CC[C@H]4c2c1c1cc4[nH]c(cc5nc(cc6nc(cc2[nH]1)C(CC)=C6CC)C(CC)=C5CC)c(CC)c4CC)c(CC)c3CC. The minimum absolute atomic E-state index is 0.0632. The maximum absolute atomic E-state index is 7.14. The number of fused-ring (bicyclic) bond motifs is 18. The number of aromatic amines is 4. The summed E-state index contributed by atoms with van der Waals surface area (Å²) in [6, 6.07) is 19.1. The molecule has 90 heavy (non-hydrogen) atoms. The van der Waals surface area contributed by atoms with Gasteiger partial charge in [0.2, 0.25) is 0 Å². The van der Waals surface area contributed by atoms with Crippen LogP contribution in [-0.4, -0.2) is 54.1 Å². The molecule has 10 heterocycles. The Morgan fingerprint density at radius 2 is 0.467 bits per heavy atom. The van der Waals surface area contributed by atoms with E-state index in [1.807, 2.05) is 14.2 Å². The number of nitrogens with zero attached hydrogens (tertiary/aromatic N) is 4. The fraction of sp³-hybridized carbons (Fsp3) is 0.425. The molecule has 4 aliphatic heterocycles. The molecule has 0 amide bonds. The van der Waals surface area contributed by atoms with Gasteiger partial charge in [-0.2, -0.15) is 0 Å². The van der Waals surface area contributed by atoms with Crippen molar-refractivity contribution >= 4 is 88.7 Å². The third-order valence-corrected chi connectivity index (χ3v) is 22.5. The van der Waals surface area contributed by atoms with E-state index >= 15 is 0 Å². The summed E-state index contributed by atoms with van der Waals surface area (Å²) >= 11 is 0. The number of nitrogens with one attached hydrogen (secondary N) is 4. The maximum Gasteiger partial charge on any atom is 0.127 e. The minimum atomic E-state index is 0.0632. The standard InChI is InChI=1S/C80H90N8O2/c1-15-39-40(16-2)56-32-60-44(20-6)48(24-10)64(84-60)36-68-72-52-28-27-51(71(72)67(87-68)35-63-47(23-9)43(19-5)59(83-63)31-55(39)81-56)75-76(52)80(90-14)78-54-30-29-53(77(78)79(75)89-13)73-69-37-65-49(25-11)45(21-7)61(85-65)33-57-41(17-3)42(18-4)58(82-57)34-62-46(22-8)50(26-12)66(86-62)38-70(88-69)74(54)73/h31-38,51-54,83,85,87-88H,15-30H2,1-14H3/t51-,52+,53+,54-. The highest BCUT2D eigenvalue weighted by atomic mass is 16.5. The largest absolute Gasteiger partial charge is 0.496 e. The molecule has 7 aromatic rings. The molecule has 6 aliphatic carbocycles. The van der Waals surface area contributed by atoms with Crippen LogP contribution in [0.3, 0.4) is 0 Å². The summed E-state index contributed by atoms with van der Waals surface area (Å²) in [5.74, 6) is 2.38. The first-order valence-corrected chi connectivity index (χ1v) is 34.8. The van der Waals surface area contributed by atoms with Crippen molar-refractivity contribution in [1.82, 2.24) is 39.9 Å². The molecule has 0 saturated heterocycles. The molecule has 1 aromatic carbocycles. The third-order valence-electron chi connectivity index (χ3n) is 22.5. The van der Waals surface area contributed by atoms with Gasteiger partial charge in [-0.05, 0) is 240 Å². The molecule has 10 nitrogen and oxygen atoms in total. The number of rotatable bonds is 14. The van der Waals surface area contributed by atoms with Gasteiger partial charge in [0.25, 0.3) is 0 Å². The van der Waals surface area contributed by atoms with E-state index in [9.17, 15) is 0 Å². The van der Waals surface area contributed by atoms with Gasteiger partial charge in [-0.3, -0.25) is 0 Å². The molecule has 4 N–H and O–H groups in total. The molecule has 6 aromatic heterocycles. The number of aryl methyl sites for hydroxylation is 4. The molecule has 0 radical (unpaired) electrons. The molecule has 20 bridgehead atoms. The van der Waals surface area contributed by atoms with Crippen molar-refractivity contribution in [3.63, 3.8) is 0 Å². The number of benzene rings is 1. The van der Waals surface area contributed by atoms with Crippen LogP contribution in [0.4, 0.5) is 0 Å². The fourth-order valence-electron chi connectivity index (χ4n) is 19.0. The molecular formula is C80H90N8O2. The summed E-state index contributed by atoms with van der Waals surface area (Å²) < 4.78 is 14.3. The molecule has 10 heteroatoms. The maximum atomic E-state index is 7.14. The Hall–Kier alpha value is -7.98. The van der Waals surface area contributed by atoms with Crippen LogP contribution in [0.2, 0.25) is 0 Å². The third kappa shape index (κ3) is 8.26. The lowest BCUT2D eigenvalue weighted by molar-refractivity contribution is 0.352. The lowest BCUT2D eigenvalue weighted by Gasteiger charge is -2.46. The molecule has 0 spiro atoms. The fourth-order valence-corrected chi connectivity index (χ4v) is 19.0. The van der Waals surface area contributed by atoms with Gasteiger partial charge in [-0.25, -0.2) is 19.9 Å². The Bertz CT molecular complexity index is 4460. The van der Waals surface area contributed by atoms with E-state index in [0.29, 0.717) is 0 Å². The van der Waals surface area contributed by atoms with Crippen LogP contribution in [-0.2, 0) is 25.7 Å². The Morgan fingerprint density at radius 3 is 0.689 bits per heavy atom. The van der Waals surface area contributed by atoms with Crippen LogP contribution in [0.1, 0.15) is 296 Å². The first-order chi connectivity index (χ1) is 44.0. The second-order valence-electron chi connectivity index (χ2n) is 26.2. The Labute approximate surface area is 531 Å². The smallest absolute Gasteiger partial charge is 0.127 e. The predicted octanol–water partition coefficient (Wildman–Crippen LogP) is 20.9. The number of ether oxygens (including phenoxy) is 2. The minimum Gasteiger partial charge on any atom is -0.496 e. The van der Waals surface area contributed by atoms with E-state index in [1.54, 1.807) is 0 Å². The van der Waals surface area contributed by atoms with Gasteiger partial charge in [-0.15, -0.1) is 0 Å². The van der Waals surface area contributed by atoms with E-state index in [0.717, 1.165) is 182 Å². The summed E-state index contributed by atoms with van der Waals surface area (Å²) in [5.41, 5.74) is 44.7. The lowest BCUT2D eigenvalue weighted by Crippen LogP contribution is -2.31. The molecule has 0 unspecified atom stereocenters. The summed E-state index contributed by atoms with van der Waals surface area (Å²) in [6.07, 6.45) is 15.0. The molecular weight excluding hydrogens is 1100 g/mol. The van der Waals surface area contributed by atoms with Crippen molar-refractivity contribution in [2.24, 2.45) is 0 Å². The average molecular weight is 1200 g/mol. The van der Waals surface area contributed by atoms with Gasteiger partial charge in [0.05, 0.1) is 59.8 Å². The molecule has 0 fully saturated rings. The normalized spacial score (nSPS) is 18.7. The summed E-state index contributed by atoms with van der Waals surface area (Å²) in [5, 5.41) is 0. The average Bonchev–Trinajstić information content (AvgIpc) is 0.875. The first kappa shape index (κ1) is 58.4. The van der Waals surface area contributed by atoms with Gasteiger partial charge in [0, 0.05) is 90.1 Å². The summed E-state index contributed by atoms with van der Waals surface area (Å²) in [6.45, 7) is 27.5. The number of H-pyrrole nitrogens is 4. The van der Waals surface area contributed by atoms with Gasteiger partial charge < -0.3 is 29.4 Å². The Kier molecular flexibility index (Phi) is 14.6. The van der Waals surface area contributed by atoms with E-state index in [1.165, 1.54) is 133 Å². The molecule has 17 rings (SSSR count). The van der Waals surface area contributed by atoms with Crippen molar-refractivity contribution in [3.05, 3.63) is 161 Å². The molecule has 10 aliphatic rings. The van der Waals surface area contributed by atoms with Gasteiger partial charge in [0.1, 0.15) is 11.5 Å². The number of allylic oxidation sites excluding steroid dienone is 8. The molecule has 0 saturated carbocycles. The van der Waals surface area contributed by atoms with E-state index in [-0.39, 0.29) is 23.7 Å². The van der Waals surface area contributed by atoms with Crippen LogP contribution < -0.4 is 9.47 Å². The number of hydrogen-bond donors (Lipinski definition) is 4. The highest BCUT2D eigenvalue weighted by molar-refractivity contribution is 5.99.